The number of furan rings is 2. The first kappa shape index (κ1) is 22.5. The van der Waals surface area contributed by atoms with E-state index in [0.717, 1.165) is 22.2 Å². The van der Waals surface area contributed by atoms with Crippen molar-refractivity contribution in [2.75, 3.05) is 26.0 Å². The third-order valence-corrected chi connectivity index (χ3v) is 6.04. The molecule has 1 N–H and O–H groups in total. The molecule has 2 aromatic heterocycles. The summed E-state index contributed by atoms with van der Waals surface area (Å²) < 4.78 is 11.6. The Kier molecular flexibility index (Phi) is 6.10. The monoisotopic (exact) mass is 470 g/mol. The number of hydrogen-bond donors (Lipinski definition) is 1. The normalized spacial score (nSPS) is 15.3. The van der Waals surface area contributed by atoms with Crippen molar-refractivity contribution >= 4 is 34.2 Å². The van der Waals surface area contributed by atoms with Crippen LogP contribution in [0.25, 0.3) is 11.0 Å². The van der Waals surface area contributed by atoms with Crippen LogP contribution in [0.15, 0.2) is 86.9 Å². The van der Waals surface area contributed by atoms with Crippen LogP contribution in [0, 0.1) is 0 Å². The number of para-hydroxylation sites is 2. The lowest BCUT2D eigenvalue weighted by molar-refractivity contribution is -0.131. The molecule has 178 valence electrons. The number of likely N-dealkylation sites (N-methyl/N-ethyl adjacent to an activating group) is 1. The molecule has 0 fully saturated rings. The second-order valence-electron chi connectivity index (χ2n) is 8.64. The van der Waals surface area contributed by atoms with Crippen LogP contribution in [0.1, 0.15) is 29.5 Å². The maximum atomic E-state index is 13.3. The molecule has 8 nitrogen and oxygen atoms in total. The second-order valence-corrected chi connectivity index (χ2v) is 8.64. The number of rotatable bonds is 7. The first-order chi connectivity index (χ1) is 17.0. The van der Waals surface area contributed by atoms with Crippen LogP contribution < -0.4 is 5.32 Å². The van der Waals surface area contributed by atoms with E-state index in [2.05, 4.69) is 10.4 Å². The van der Waals surface area contributed by atoms with Gasteiger partial charge in [0.15, 0.2) is 5.76 Å². The molecule has 0 saturated carbocycles. The largest absolute Gasteiger partial charge is 0.467 e. The zero-order valence-electron chi connectivity index (χ0n) is 19.6. The summed E-state index contributed by atoms with van der Waals surface area (Å²) in [5.74, 6) is 1.07. The molecule has 0 radical (unpaired) electrons. The predicted octanol–water partition coefficient (Wildman–Crippen LogP) is 4.45. The first-order valence-electron chi connectivity index (χ1n) is 11.4. The van der Waals surface area contributed by atoms with Gasteiger partial charge in [0, 0.05) is 31.6 Å². The van der Waals surface area contributed by atoms with Gasteiger partial charge in [-0.3, -0.25) is 9.59 Å². The Labute approximate surface area is 202 Å². The van der Waals surface area contributed by atoms with E-state index in [1.165, 1.54) is 5.01 Å². The average molecular weight is 471 g/mol. The van der Waals surface area contributed by atoms with Crippen molar-refractivity contribution in [2.45, 2.75) is 18.9 Å². The van der Waals surface area contributed by atoms with E-state index in [9.17, 15) is 9.59 Å². The van der Waals surface area contributed by atoms with Crippen molar-refractivity contribution in [3.63, 3.8) is 0 Å². The molecule has 2 aromatic carbocycles. The highest BCUT2D eigenvalue weighted by atomic mass is 16.3. The van der Waals surface area contributed by atoms with Gasteiger partial charge in [0.25, 0.3) is 5.91 Å². The number of amides is 2. The molecule has 0 bridgehead atoms. The van der Waals surface area contributed by atoms with Crippen molar-refractivity contribution in [3.8, 4) is 0 Å². The summed E-state index contributed by atoms with van der Waals surface area (Å²) >= 11 is 0. The molecule has 1 atom stereocenters. The van der Waals surface area contributed by atoms with Gasteiger partial charge < -0.3 is 19.1 Å². The molecule has 5 rings (SSSR count). The van der Waals surface area contributed by atoms with Crippen LogP contribution in [0.2, 0.25) is 0 Å². The molecule has 35 heavy (non-hydrogen) atoms. The molecule has 0 spiro atoms. The van der Waals surface area contributed by atoms with Crippen LogP contribution in [0.5, 0.6) is 0 Å². The lowest BCUT2D eigenvalue weighted by Crippen LogP contribution is -2.32. The van der Waals surface area contributed by atoms with Gasteiger partial charge in [0.05, 0.1) is 19.2 Å². The highest BCUT2D eigenvalue weighted by Gasteiger charge is 2.35. The van der Waals surface area contributed by atoms with Gasteiger partial charge in [-0.25, -0.2) is 5.01 Å². The Balaban J connectivity index is 1.37. The number of hydrazone groups is 1. The van der Waals surface area contributed by atoms with E-state index in [1.54, 1.807) is 31.3 Å². The van der Waals surface area contributed by atoms with E-state index >= 15 is 0 Å². The number of carbonyl (C=O) groups is 2. The smallest absolute Gasteiger partial charge is 0.262 e. The first-order valence-corrected chi connectivity index (χ1v) is 11.4. The van der Waals surface area contributed by atoms with Gasteiger partial charge in [-0.1, -0.05) is 36.4 Å². The topological polar surface area (TPSA) is 91.3 Å². The molecular formula is C27H26N4O4. The maximum Gasteiger partial charge on any atom is 0.262 e. The van der Waals surface area contributed by atoms with Crippen molar-refractivity contribution < 1.29 is 18.4 Å². The highest BCUT2D eigenvalue weighted by molar-refractivity contribution is 6.03. The van der Waals surface area contributed by atoms with Crippen LogP contribution in [-0.4, -0.2) is 48.1 Å². The number of benzene rings is 2. The van der Waals surface area contributed by atoms with Gasteiger partial charge in [-0.15, -0.1) is 0 Å². The van der Waals surface area contributed by atoms with Gasteiger partial charge in [-0.05, 0) is 35.9 Å². The molecule has 0 saturated heterocycles. The molecule has 1 aliphatic heterocycles. The van der Waals surface area contributed by atoms with Crippen molar-refractivity contribution in [1.82, 2.24) is 9.91 Å². The molecule has 3 heterocycles. The fourth-order valence-corrected chi connectivity index (χ4v) is 4.14. The van der Waals surface area contributed by atoms with Crippen LogP contribution in [0.3, 0.4) is 0 Å². The number of hydrogen-bond acceptors (Lipinski definition) is 6. The molecule has 8 heteroatoms. The van der Waals surface area contributed by atoms with E-state index in [-0.39, 0.29) is 30.8 Å². The number of nitrogens with one attached hydrogen (secondary N) is 1. The Morgan fingerprint density at radius 2 is 1.89 bits per heavy atom. The lowest BCUT2D eigenvalue weighted by Gasteiger charge is -2.21. The molecule has 4 aromatic rings. The quantitative estimate of drug-likeness (QED) is 0.431. The highest BCUT2D eigenvalue weighted by Crippen LogP contribution is 2.34. The third-order valence-electron chi connectivity index (χ3n) is 6.04. The van der Waals surface area contributed by atoms with E-state index in [0.29, 0.717) is 23.7 Å². The summed E-state index contributed by atoms with van der Waals surface area (Å²) in [6, 6.07) is 20.5. The number of anilines is 1. The Hall–Kier alpha value is -4.33. The summed E-state index contributed by atoms with van der Waals surface area (Å²) in [6.45, 7) is 0.0152. The molecule has 2 amide bonds. The van der Waals surface area contributed by atoms with E-state index in [4.69, 9.17) is 8.83 Å². The number of carbonyl (C=O) groups excluding carboxylic acids is 2. The second kappa shape index (κ2) is 9.50. The average Bonchev–Trinajstić information content (AvgIpc) is 3.62. The summed E-state index contributed by atoms with van der Waals surface area (Å²) in [5, 5.41) is 10.3. The van der Waals surface area contributed by atoms with Crippen LogP contribution in [-0.2, 0) is 16.0 Å². The maximum absolute atomic E-state index is 13.3. The van der Waals surface area contributed by atoms with Gasteiger partial charge in [0.2, 0.25) is 5.91 Å². The molecule has 1 unspecified atom stereocenters. The third kappa shape index (κ3) is 4.68. The standard InChI is InChI=1S/C27H26N4O4/c1-30(2)26(32)15-18-8-3-5-10-20(18)28-17-27(33)31-22(24-12-7-13-34-24)16-21(29-31)25-14-19-9-4-6-11-23(19)35-25/h3-14,22,28H,15-17H2,1-2H3. The SMILES string of the molecule is CN(C)C(=O)Cc1ccccc1NCC(=O)N1N=C(c2cc3ccccc3o2)CC1c1ccco1. The Morgan fingerprint density at radius 1 is 1.09 bits per heavy atom. The fraction of sp³-hybridized carbons (Fsp3) is 0.222. The molecule has 1 aliphatic rings. The van der Waals surface area contributed by atoms with Gasteiger partial charge >= 0.3 is 0 Å². The minimum atomic E-state index is -0.368. The van der Waals surface area contributed by atoms with Crippen LogP contribution >= 0.6 is 0 Å². The molecule has 0 aliphatic carbocycles. The van der Waals surface area contributed by atoms with E-state index in [1.807, 2.05) is 60.7 Å². The fourth-order valence-electron chi connectivity index (χ4n) is 4.14. The molecular weight excluding hydrogens is 444 g/mol. The summed E-state index contributed by atoms with van der Waals surface area (Å²) in [7, 11) is 3.45. The van der Waals surface area contributed by atoms with Gasteiger partial charge in [-0.2, -0.15) is 5.10 Å². The lowest BCUT2D eigenvalue weighted by atomic mass is 10.1. The minimum Gasteiger partial charge on any atom is -0.467 e. The summed E-state index contributed by atoms with van der Waals surface area (Å²) in [4.78, 5) is 27.1. The Morgan fingerprint density at radius 3 is 2.66 bits per heavy atom. The van der Waals surface area contributed by atoms with E-state index < -0.39 is 0 Å². The minimum absolute atomic E-state index is 0.0110. The summed E-state index contributed by atoms with van der Waals surface area (Å²) in [5.41, 5.74) is 3.03. The number of fused-ring (bicyclic) bond motifs is 1. The Bertz CT molecular complexity index is 1350. The summed E-state index contributed by atoms with van der Waals surface area (Å²) in [6.07, 6.45) is 2.32. The van der Waals surface area contributed by atoms with Gasteiger partial charge in [0.1, 0.15) is 23.1 Å². The van der Waals surface area contributed by atoms with Crippen molar-refractivity contribution in [3.05, 3.63) is 90.1 Å². The number of nitrogens with zero attached hydrogens (tertiary/aromatic N) is 3. The van der Waals surface area contributed by atoms with Crippen molar-refractivity contribution in [1.29, 1.82) is 0 Å². The van der Waals surface area contributed by atoms with Crippen LogP contribution in [0.4, 0.5) is 5.69 Å². The van der Waals surface area contributed by atoms with Crippen molar-refractivity contribution in [2.24, 2.45) is 5.10 Å². The zero-order chi connectivity index (χ0) is 24.4. The predicted molar refractivity (Wildman–Crippen MR) is 133 cm³/mol. The zero-order valence-corrected chi connectivity index (χ0v) is 19.6.